The standard InChI is InChI=1S/C25H31FO9/c1-11-6-12(2-4-14(11)25-23(33)22(32)21(31)20(10-28)35-25)15-5-3-13(7-16(15)26)24-18(30)8-17(29)19(9-27)34-24/h2-7,17-25,27-33H,8-10H2,1H3/t17-,18?,19?,20?,21+,22?,23?,24+,25+/m0/s1. The van der Waals surface area contributed by atoms with E-state index in [2.05, 4.69) is 0 Å². The first-order chi connectivity index (χ1) is 16.7. The van der Waals surface area contributed by atoms with E-state index in [-0.39, 0.29) is 12.0 Å². The first-order valence-corrected chi connectivity index (χ1v) is 11.5. The Morgan fingerprint density at radius 1 is 0.800 bits per heavy atom. The summed E-state index contributed by atoms with van der Waals surface area (Å²) in [5.74, 6) is -0.565. The van der Waals surface area contributed by atoms with Gasteiger partial charge in [0.2, 0.25) is 0 Å². The minimum atomic E-state index is -1.50. The zero-order valence-electron chi connectivity index (χ0n) is 19.1. The molecule has 10 heteroatoms. The van der Waals surface area contributed by atoms with Crippen molar-refractivity contribution in [2.75, 3.05) is 13.2 Å². The summed E-state index contributed by atoms with van der Waals surface area (Å²) in [5, 5.41) is 69.5. The number of aryl methyl sites for hydroxylation is 1. The lowest BCUT2D eigenvalue weighted by molar-refractivity contribution is -0.231. The number of ether oxygens (including phenoxy) is 2. The maximum absolute atomic E-state index is 15.1. The van der Waals surface area contributed by atoms with Crippen molar-refractivity contribution in [3.63, 3.8) is 0 Å². The van der Waals surface area contributed by atoms with Crippen LogP contribution in [0.25, 0.3) is 11.1 Å². The molecular weight excluding hydrogens is 463 g/mol. The molecule has 9 nitrogen and oxygen atoms in total. The van der Waals surface area contributed by atoms with Gasteiger partial charge in [-0.2, -0.15) is 0 Å². The molecule has 2 aromatic carbocycles. The molecule has 2 heterocycles. The predicted octanol–water partition coefficient (Wildman–Crippen LogP) is -0.140. The van der Waals surface area contributed by atoms with Gasteiger partial charge in [0.1, 0.15) is 48.5 Å². The van der Waals surface area contributed by atoms with Crippen LogP contribution in [0.15, 0.2) is 36.4 Å². The topological polar surface area (TPSA) is 160 Å². The summed E-state index contributed by atoms with van der Waals surface area (Å²) in [4.78, 5) is 0. The number of benzene rings is 2. The van der Waals surface area contributed by atoms with E-state index in [1.165, 1.54) is 6.07 Å². The highest BCUT2D eigenvalue weighted by atomic mass is 19.1. The molecule has 0 aliphatic carbocycles. The van der Waals surface area contributed by atoms with E-state index in [1.54, 1.807) is 37.3 Å². The molecule has 5 unspecified atom stereocenters. The Kier molecular flexibility index (Phi) is 7.86. The van der Waals surface area contributed by atoms with Crippen LogP contribution in [0.1, 0.15) is 35.3 Å². The Labute approximate surface area is 201 Å². The van der Waals surface area contributed by atoms with Crippen molar-refractivity contribution in [2.45, 2.75) is 68.3 Å². The third kappa shape index (κ3) is 4.99. The molecule has 0 aromatic heterocycles. The van der Waals surface area contributed by atoms with Gasteiger partial charge in [0.05, 0.1) is 25.4 Å². The Hall–Kier alpha value is -1.99. The Morgan fingerprint density at radius 2 is 1.49 bits per heavy atom. The van der Waals surface area contributed by atoms with Crippen LogP contribution < -0.4 is 0 Å². The summed E-state index contributed by atoms with van der Waals surface area (Å²) in [5.41, 5.74) is 2.35. The van der Waals surface area contributed by atoms with E-state index < -0.39 is 74.0 Å². The summed E-state index contributed by atoms with van der Waals surface area (Å²) in [6, 6.07) is 9.36. The molecule has 2 fully saturated rings. The third-order valence-corrected chi connectivity index (χ3v) is 6.86. The SMILES string of the molecule is Cc1cc(-c2ccc([C@H]3OC(CO)[C@@H](O)CC3O)cc2F)ccc1[C@H]1OC(CO)[C@@H](O)C(O)C1O. The van der Waals surface area contributed by atoms with Crippen LogP contribution in [-0.2, 0) is 9.47 Å². The maximum atomic E-state index is 15.1. The summed E-state index contributed by atoms with van der Waals surface area (Å²) in [6.45, 7) is 0.775. The van der Waals surface area contributed by atoms with Crippen molar-refractivity contribution >= 4 is 0 Å². The zero-order valence-corrected chi connectivity index (χ0v) is 19.1. The zero-order chi connectivity index (χ0) is 25.4. The number of hydrogen-bond acceptors (Lipinski definition) is 9. The summed E-state index contributed by atoms with van der Waals surface area (Å²) >= 11 is 0. The molecular formula is C25H31FO9. The maximum Gasteiger partial charge on any atom is 0.131 e. The Bertz CT molecular complexity index is 1030. The van der Waals surface area contributed by atoms with Gasteiger partial charge in [-0.1, -0.05) is 30.3 Å². The molecule has 7 N–H and O–H groups in total. The van der Waals surface area contributed by atoms with Gasteiger partial charge >= 0.3 is 0 Å². The van der Waals surface area contributed by atoms with Gasteiger partial charge < -0.3 is 45.2 Å². The van der Waals surface area contributed by atoms with Crippen LogP contribution in [0, 0.1) is 12.7 Å². The van der Waals surface area contributed by atoms with Crippen LogP contribution in [0.2, 0.25) is 0 Å². The highest BCUT2D eigenvalue weighted by Crippen LogP contribution is 2.37. The van der Waals surface area contributed by atoms with Crippen molar-refractivity contribution in [2.24, 2.45) is 0 Å². The molecule has 35 heavy (non-hydrogen) atoms. The van der Waals surface area contributed by atoms with Gasteiger partial charge in [0.15, 0.2) is 0 Å². The van der Waals surface area contributed by atoms with Crippen LogP contribution >= 0.6 is 0 Å². The second-order valence-electron chi connectivity index (χ2n) is 9.21. The summed E-state index contributed by atoms with van der Waals surface area (Å²) in [7, 11) is 0. The number of halogens is 1. The van der Waals surface area contributed by atoms with Crippen molar-refractivity contribution in [1.29, 1.82) is 0 Å². The van der Waals surface area contributed by atoms with Gasteiger partial charge in [-0.25, -0.2) is 4.39 Å². The van der Waals surface area contributed by atoms with Gasteiger partial charge in [-0.3, -0.25) is 0 Å². The summed E-state index contributed by atoms with van der Waals surface area (Å²) in [6.07, 6.45) is -10.2. The number of hydrogen-bond donors (Lipinski definition) is 7. The smallest absolute Gasteiger partial charge is 0.131 e. The Balaban J connectivity index is 1.58. The molecule has 0 radical (unpaired) electrons. The third-order valence-electron chi connectivity index (χ3n) is 6.86. The number of rotatable bonds is 5. The van der Waals surface area contributed by atoms with Crippen LogP contribution in [0.4, 0.5) is 4.39 Å². The Morgan fingerprint density at radius 3 is 2.11 bits per heavy atom. The molecule has 4 rings (SSSR count). The molecule has 0 amide bonds. The van der Waals surface area contributed by atoms with E-state index in [0.29, 0.717) is 22.3 Å². The fraction of sp³-hybridized carbons (Fsp3) is 0.520. The van der Waals surface area contributed by atoms with Gasteiger partial charge in [0, 0.05) is 12.0 Å². The quantitative estimate of drug-likeness (QED) is 0.300. The molecule has 2 aromatic rings. The molecule has 2 aliphatic heterocycles. The molecule has 9 atom stereocenters. The van der Waals surface area contributed by atoms with Crippen molar-refractivity contribution in [3.05, 3.63) is 58.9 Å². The monoisotopic (exact) mass is 494 g/mol. The highest BCUT2D eigenvalue weighted by molar-refractivity contribution is 5.66. The minimum absolute atomic E-state index is 0.00211. The normalized spacial score (nSPS) is 35.7. The summed E-state index contributed by atoms with van der Waals surface area (Å²) < 4.78 is 26.3. The van der Waals surface area contributed by atoms with Gasteiger partial charge in [0.25, 0.3) is 0 Å². The van der Waals surface area contributed by atoms with E-state index in [4.69, 9.17) is 9.47 Å². The van der Waals surface area contributed by atoms with Crippen LogP contribution in [-0.4, -0.2) is 91.7 Å². The largest absolute Gasteiger partial charge is 0.394 e. The van der Waals surface area contributed by atoms with Crippen molar-refractivity contribution in [1.82, 2.24) is 0 Å². The first-order valence-electron chi connectivity index (χ1n) is 11.5. The second kappa shape index (κ2) is 10.6. The fourth-order valence-electron chi connectivity index (χ4n) is 4.82. The lowest BCUT2D eigenvalue weighted by Crippen LogP contribution is -2.55. The average molecular weight is 495 g/mol. The van der Waals surface area contributed by atoms with Crippen molar-refractivity contribution in [3.8, 4) is 11.1 Å². The van der Waals surface area contributed by atoms with Crippen LogP contribution in [0.3, 0.4) is 0 Å². The molecule has 2 aliphatic rings. The van der Waals surface area contributed by atoms with Crippen LogP contribution in [0.5, 0.6) is 0 Å². The molecule has 0 bridgehead atoms. The highest BCUT2D eigenvalue weighted by Gasteiger charge is 2.44. The molecule has 2 saturated heterocycles. The molecule has 192 valence electrons. The fourth-order valence-corrected chi connectivity index (χ4v) is 4.82. The predicted molar refractivity (Wildman–Crippen MR) is 121 cm³/mol. The van der Waals surface area contributed by atoms with Gasteiger partial charge in [-0.15, -0.1) is 0 Å². The number of aliphatic hydroxyl groups excluding tert-OH is 7. The van der Waals surface area contributed by atoms with E-state index in [1.807, 2.05) is 0 Å². The van der Waals surface area contributed by atoms with E-state index in [0.717, 1.165) is 0 Å². The molecule has 0 saturated carbocycles. The lowest BCUT2D eigenvalue weighted by atomic mass is 9.88. The van der Waals surface area contributed by atoms with E-state index in [9.17, 15) is 35.7 Å². The average Bonchev–Trinajstić information content (AvgIpc) is 2.83. The lowest BCUT2D eigenvalue weighted by Gasteiger charge is -2.40. The molecule has 0 spiro atoms. The van der Waals surface area contributed by atoms with Gasteiger partial charge in [-0.05, 0) is 35.2 Å². The van der Waals surface area contributed by atoms with Crippen molar-refractivity contribution < 1.29 is 49.6 Å². The first kappa shape index (κ1) is 26.1. The van der Waals surface area contributed by atoms with E-state index >= 15 is 4.39 Å². The number of aliphatic hydroxyl groups is 7. The minimum Gasteiger partial charge on any atom is -0.394 e. The second-order valence-corrected chi connectivity index (χ2v) is 9.21.